The van der Waals surface area contributed by atoms with Gasteiger partial charge in [-0.15, -0.1) is 0 Å². The second-order valence-corrected chi connectivity index (χ2v) is 3.32. The molecule has 0 saturated heterocycles. The number of hydrogen-bond acceptors (Lipinski definition) is 5. The van der Waals surface area contributed by atoms with E-state index in [-0.39, 0.29) is 0 Å². The summed E-state index contributed by atoms with van der Waals surface area (Å²) < 4.78 is 7.96. The number of anilines is 1. The molecule has 0 aliphatic rings. The molecular weight excluding hydrogens is 178 g/mol. The molecule has 2 heterocycles. The highest BCUT2D eigenvalue weighted by molar-refractivity contribution is 7.08. The van der Waals surface area contributed by atoms with E-state index in [0.717, 1.165) is 23.0 Å². The molecule has 2 rings (SSSR count). The van der Waals surface area contributed by atoms with Gasteiger partial charge in [-0.1, -0.05) is 0 Å². The molecule has 0 aliphatic carbocycles. The first-order chi connectivity index (χ1) is 5.38. The van der Waals surface area contributed by atoms with Crippen LogP contribution in [0.2, 0.25) is 0 Å². The molecule has 11 heavy (non-hydrogen) atoms. The number of aromatic nitrogens is 2. The summed E-state index contributed by atoms with van der Waals surface area (Å²) in [5.74, 6) is 0.522. The van der Waals surface area contributed by atoms with E-state index in [4.69, 9.17) is 5.73 Å². The summed E-state index contributed by atoms with van der Waals surface area (Å²) >= 11 is 2.77. The Kier molecular flexibility index (Phi) is 1.59. The summed E-state index contributed by atoms with van der Waals surface area (Å²) in [5.41, 5.74) is 7.43. The fourth-order valence-electron chi connectivity index (χ4n) is 0.795. The smallest absolute Gasteiger partial charge is 0.165 e. The van der Waals surface area contributed by atoms with E-state index in [1.54, 1.807) is 11.3 Å². The number of nitrogens with two attached hydrogens (primary N) is 1. The van der Waals surface area contributed by atoms with E-state index in [9.17, 15) is 0 Å². The van der Waals surface area contributed by atoms with Crippen molar-refractivity contribution < 1.29 is 0 Å². The summed E-state index contributed by atoms with van der Waals surface area (Å²) in [4.78, 5) is 0. The third-order valence-electron chi connectivity index (χ3n) is 1.31. The summed E-state index contributed by atoms with van der Waals surface area (Å²) in [6.45, 7) is 0. The van der Waals surface area contributed by atoms with Gasteiger partial charge >= 0.3 is 0 Å². The highest BCUT2D eigenvalue weighted by Crippen LogP contribution is 2.24. The normalized spacial score (nSPS) is 10.2. The zero-order chi connectivity index (χ0) is 7.68. The van der Waals surface area contributed by atoms with Crippen LogP contribution in [0.15, 0.2) is 16.8 Å². The van der Waals surface area contributed by atoms with Crippen LogP contribution in [0.3, 0.4) is 0 Å². The van der Waals surface area contributed by atoms with Crippen molar-refractivity contribution in [3.63, 3.8) is 0 Å². The molecule has 0 spiro atoms. The average Bonchev–Trinajstić information content (AvgIpc) is 2.55. The second kappa shape index (κ2) is 2.60. The highest BCUT2D eigenvalue weighted by atomic mass is 32.1. The molecule has 0 amide bonds. The van der Waals surface area contributed by atoms with Crippen molar-refractivity contribution in [2.45, 2.75) is 0 Å². The van der Waals surface area contributed by atoms with Crippen LogP contribution in [0.4, 0.5) is 5.82 Å². The maximum absolute atomic E-state index is 5.57. The average molecular weight is 183 g/mol. The quantitative estimate of drug-likeness (QED) is 0.734. The summed E-state index contributed by atoms with van der Waals surface area (Å²) in [6.07, 6.45) is 0. The van der Waals surface area contributed by atoms with Gasteiger partial charge < -0.3 is 5.73 Å². The lowest BCUT2D eigenvalue weighted by atomic mass is 10.2. The Morgan fingerprint density at radius 3 is 2.82 bits per heavy atom. The first-order valence-corrected chi connectivity index (χ1v) is 4.66. The molecule has 0 atom stereocenters. The van der Waals surface area contributed by atoms with E-state index in [2.05, 4.69) is 8.75 Å². The maximum Gasteiger partial charge on any atom is 0.165 e. The number of hydrogen-bond donors (Lipinski definition) is 1. The van der Waals surface area contributed by atoms with Gasteiger partial charge in [0.25, 0.3) is 0 Å². The molecule has 0 bridgehead atoms. The molecule has 0 fully saturated rings. The third-order valence-corrected chi connectivity index (χ3v) is 2.53. The van der Waals surface area contributed by atoms with E-state index in [1.807, 2.05) is 16.8 Å². The van der Waals surface area contributed by atoms with Crippen molar-refractivity contribution in [1.29, 1.82) is 0 Å². The van der Waals surface area contributed by atoms with Gasteiger partial charge in [0.2, 0.25) is 0 Å². The molecule has 2 aromatic rings. The van der Waals surface area contributed by atoms with Gasteiger partial charge in [0, 0.05) is 10.9 Å². The van der Waals surface area contributed by atoms with E-state index in [0.29, 0.717) is 5.82 Å². The van der Waals surface area contributed by atoms with Gasteiger partial charge in [-0.2, -0.15) is 20.1 Å². The molecule has 0 saturated carbocycles. The van der Waals surface area contributed by atoms with Crippen LogP contribution < -0.4 is 5.73 Å². The molecule has 5 heteroatoms. The molecule has 0 aliphatic heterocycles. The Balaban J connectivity index is 2.53. The monoisotopic (exact) mass is 183 g/mol. The Labute approximate surface area is 71.8 Å². The van der Waals surface area contributed by atoms with Gasteiger partial charge in [-0.05, 0) is 11.4 Å². The molecule has 2 N–H and O–H groups in total. The summed E-state index contributed by atoms with van der Waals surface area (Å²) in [6, 6.07) is 1.98. The second-order valence-electron chi connectivity index (χ2n) is 2.01. The van der Waals surface area contributed by atoms with Gasteiger partial charge in [0.15, 0.2) is 5.82 Å². The van der Waals surface area contributed by atoms with Crippen molar-refractivity contribution in [2.75, 3.05) is 5.73 Å². The standard InChI is InChI=1S/C6H5N3S2/c7-6-5(8-11-9-6)4-1-2-10-3-4/h1-3H,(H2,7,9). The molecule has 0 aromatic carbocycles. The Morgan fingerprint density at radius 2 is 2.27 bits per heavy atom. The fraction of sp³-hybridized carbons (Fsp3) is 0. The number of rotatable bonds is 1. The zero-order valence-corrected chi connectivity index (χ0v) is 7.15. The van der Waals surface area contributed by atoms with Gasteiger partial charge in [0.1, 0.15) is 5.69 Å². The SMILES string of the molecule is Nc1nsnc1-c1ccsc1. The molecule has 0 unspecified atom stereocenters. The van der Waals surface area contributed by atoms with Crippen molar-refractivity contribution in [1.82, 2.24) is 8.75 Å². The van der Waals surface area contributed by atoms with E-state index < -0.39 is 0 Å². The predicted octanol–water partition coefficient (Wildman–Crippen LogP) is 1.85. The lowest BCUT2D eigenvalue weighted by Crippen LogP contribution is -1.86. The largest absolute Gasteiger partial charge is 0.381 e. The summed E-state index contributed by atoms with van der Waals surface area (Å²) in [7, 11) is 0. The third kappa shape index (κ3) is 1.12. The molecular formula is C6H5N3S2. The topological polar surface area (TPSA) is 51.8 Å². The Morgan fingerprint density at radius 1 is 1.36 bits per heavy atom. The van der Waals surface area contributed by atoms with Gasteiger partial charge in [0.05, 0.1) is 11.7 Å². The molecule has 2 aromatic heterocycles. The number of nitrogens with zero attached hydrogens (tertiary/aromatic N) is 2. The maximum atomic E-state index is 5.57. The summed E-state index contributed by atoms with van der Waals surface area (Å²) in [5, 5.41) is 4.00. The van der Waals surface area contributed by atoms with Crippen molar-refractivity contribution in [3.8, 4) is 11.3 Å². The minimum absolute atomic E-state index is 0.522. The first-order valence-electron chi connectivity index (χ1n) is 2.98. The minimum Gasteiger partial charge on any atom is -0.381 e. The van der Waals surface area contributed by atoms with E-state index >= 15 is 0 Å². The number of nitrogen functional groups attached to an aromatic ring is 1. The number of thiophene rings is 1. The predicted molar refractivity (Wildman–Crippen MR) is 47.6 cm³/mol. The van der Waals surface area contributed by atoms with Crippen LogP contribution in [-0.2, 0) is 0 Å². The molecule has 0 radical (unpaired) electrons. The van der Waals surface area contributed by atoms with Crippen LogP contribution in [0.1, 0.15) is 0 Å². The lowest BCUT2D eigenvalue weighted by Gasteiger charge is -1.88. The first kappa shape index (κ1) is 6.75. The van der Waals surface area contributed by atoms with Crippen LogP contribution in [-0.4, -0.2) is 8.75 Å². The van der Waals surface area contributed by atoms with Crippen LogP contribution in [0.5, 0.6) is 0 Å². The van der Waals surface area contributed by atoms with E-state index in [1.165, 1.54) is 0 Å². The van der Waals surface area contributed by atoms with Gasteiger partial charge in [-0.3, -0.25) is 0 Å². The Hall–Kier alpha value is -0.940. The lowest BCUT2D eigenvalue weighted by molar-refractivity contribution is 1.51. The van der Waals surface area contributed by atoms with Crippen LogP contribution >= 0.6 is 23.1 Å². The minimum atomic E-state index is 0.522. The van der Waals surface area contributed by atoms with Crippen molar-refractivity contribution in [2.24, 2.45) is 0 Å². The van der Waals surface area contributed by atoms with Crippen LogP contribution in [0, 0.1) is 0 Å². The van der Waals surface area contributed by atoms with Gasteiger partial charge in [-0.25, -0.2) is 0 Å². The molecule has 3 nitrogen and oxygen atoms in total. The van der Waals surface area contributed by atoms with Crippen molar-refractivity contribution in [3.05, 3.63) is 16.8 Å². The molecule has 56 valence electrons. The Bertz CT molecular complexity index is 338. The zero-order valence-electron chi connectivity index (χ0n) is 5.52. The fourth-order valence-corrected chi connectivity index (χ4v) is 1.93. The van der Waals surface area contributed by atoms with Crippen molar-refractivity contribution >= 4 is 28.9 Å². The van der Waals surface area contributed by atoms with Crippen LogP contribution in [0.25, 0.3) is 11.3 Å². The highest BCUT2D eigenvalue weighted by Gasteiger charge is 2.05.